The van der Waals surface area contributed by atoms with Crippen molar-refractivity contribution >= 4 is 54.1 Å². The Morgan fingerprint density at radius 3 is 2.81 bits per heavy atom. The van der Waals surface area contributed by atoms with E-state index in [4.69, 9.17) is 30.3 Å². The number of pyridine rings is 2. The van der Waals surface area contributed by atoms with Crippen molar-refractivity contribution in [2.75, 3.05) is 13.4 Å². The summed E-state index contributed by atoms with van der Waals surface area (Å²) in [6.07, 6.45) is 2.99. The second-order valence-electron chi connectivity index (χ2n) is 7.66. The number of phosphoric ester groups is 1. The topological polar surface area (TPSA) is 140 Å². The zero-order chi connectivity index (χ0) is 24.6. The molecule has 1 saturated heterocycles. The van der Waals surface area contributed by atoms with Crippen LogP contribution in [0.15, 0.2) is 60.9 Å². The maximum absolute atomic E-state index is 13.6. The molecule has 0 radical (unpaired) electrons. The maximum atomic E-state index is 13.6. The third kappa shape index (κ3) is 6.01. The summed E-state index contributed by atoms with van der Waals surface area (Å²) in [6, 6.07) is 13.9. The van der Waals surface area contributed by atoms with E-state index in [0.717, 1.165) is 5.56 Å². The van der Waals surface area contributed by atoms with Gasteiger partial charge in [0.15, 0.2) is 6.79 Å². The Bertz CT molecular complexity index is 1520. The molecule has 3 atom stereocenters. The number of nitrogens with zero attached hydrogens (tertiary/aromatic N) is 2. The van der Waals surface area contributed by atoms with Gasteiger partial charge in [-0.3, -0.25) is 28.1 Å². The number of phosphoric acid groups is 1. The third-order valence-corrected chi connectivity index (χ3v) is 7.98. The molecule has 3 heterocycles. The minimum atomic E-state index is -4.91. The molecule has 2 aromatic carbocycles. The van der Waals surface area contributed by atoms with E-state index >= 15 is 0 Å². The molecular weight excluding hydrogens is 541 g/mol. The van der Waals surface area contributed by atoms with Crippen molar-refractivity contribution in [2.45, 2.75) is 12.5 Å². The molecule has 0 saturated carbocycles. The third-order valence-electron chi connectivity index (χ3n) is 5.38. The van der Waals surface area contributed by atoms with E-state index in [2.05, 4.69) is 14.5 Å². The molecule has 1 aliphatic rings. The summed E-state index contributed by atoms with van der Waals surface area (Å²) in [5.74, 6) is 0.285. The van der Waals surface area contributed by atoms with Gasteiger partial charge < -0.3 is 19.0 Å². The van der Waals surface area contributed by atoms with Crippen LogP contribution in [0.25, 0.3) is 21.8 Å². The summed E-state index contributed by atoms with van der Waals surface area (Å²) in [5.41, 5.74) is 1.79. The van der Waals surface area contributed by atoms with Gasteiger partial charge in [-0.15, -0.1) is 0 Å². The van der Waals surface area contributed by atoms with Crippen molar-refractivity contribution < 1.29 is 66.8 Å². The molecule has 0 amide bonds. The standard InChI is InChI=1S/C22H19ClN2O8P2.Na/c23-16-3-1-2-14(10-16)19-7-9-31-34(26,33-19)17-11-15-4-5-18-20(30-13-32-35(27,28)29)6-8-24-22(18)21(15)25-12-17;/h1-6,8,10-12,19H,7,9,13H2,(H2,27,28,29);/q;+1/p-1. The molecule has 3 unspecified atom stereocenters. The van der Waals surface area contributed by atoms with Crippen LogP contribution in [0.4, 0.5) is 0 Å². The van der Waals surface area contributed by atoms with E-state index in [-0.39, 0.29) is 41.9 Å². The van der Waals surface area contributed by atoms with Gasteiger partial charge in [-0.1, -0.05) is 29.8 Å². The second-order valence-corrected chi connectivity index (χ2v) is 11.3. The minimum absolute atomic E-state index is 0. The van der Waals surface area contributed by atoms with Crippen LogP contribution < -0.4 is 44.5 Å². The van der Waals surface area contributed by atoms with Crippen LogP contribution in [-0.2, 0) is 22.7 Å². The molecule has 1 aliphatic heterocycles. The minimum Gasteiger partial charge on any atom is -0.756 e. The first-order chi connectivity index (χ1) is 16.7. The molecule has 10 nitrogen and oxygen atoms in total. The SMILES string of the molecule is O=P([O-])(O)OCOc1ccnc2c1ccc1cc(P3(=O)OCCC(c4cccc(Cl)c4)O3)cnc12.[Na+]. The normalized spacial score (nSPS) is 21.6. The molecule has 4 aromatic rings. The van der Waals surface area contributed by atoms with Crippen molar-refractivity contribution in [1.29, 1.82) is 0 Å². The Kier molecular flexibility index (Phi) is 8.56. The summed E-state index contributed by atoms with van der Waals surface area (Å²) >= 11 is 6.10. The van der Waals surface area contributed by atoms with E-state index in [1.165, 1.54) is 18.5 Å². The Balaban J connectivity index is 0.00000304. The number of hydrogen-bond donors (Lipinski definition) is 1. The molecule has 36 heavy (non-hydrogen) atoms. The van der Waals surface area contributed by atoms with Gasteiger partial charge in [-0.2, -0.15) is 0 Å². The molecular formula is C22H18ClN2NaO8P2. The van der Waals surface area contributed by atoms with Gasteiger partial charge in [0.25, 0.3) is 7.82 Å². The second kappa shape index (κ2) is 11.2. The molecule has 2 aromatic heterocycles. The Hall–Kier alpha value is -1.39. The molecule has 0 bridgehead atoms. The van der Waals surface area contributed by atoms with Crippen molar-refractivity contribution in [3.8, 4) is 5.75 Å². The number of halogens is 1. The van der Waals surface area contributed by atoms with Crippen LogP contribution in [-0.4, -0.2) is 28.3 Å². The largest absolute Gasteiger partial charge is 1.00 e. The predicted octanol–water partition coefficient (Wildman–Crippen LogP) is 1.25. The van der Waals surface area contributed by atoms with Crippen LogP contribution in [0.1, 0.15) is 18.1 Å². The first kappa shape index (κ1) is 27.6. The zero-order valence-electron chi connectivity index (χ0n) is 18.9. The molecule has 14 heteroatoms. The van der Waals surface area contributed by atoms with E-state index in [1.54, 1.807) is 30.3 Å². The summed E-state index contributed by atoms with van der Waals surface area (Å²) in [4.78, 5) is 28.3. The van der Waals surface area contributed by atoms with Gasteiger partial charge in [0, 0.05) is 34.6 Å². The maximum Gasteiger partial charge on any atom is 1.00 e. The molecule has 0 aliphatic carbocycles. The molecule has 1 N–H and O–H groups in total. The number of hydrogen-bond acceptors (Lipinski definition) is 9. The molecule has 1 fully saturated rings. The summed E-state index contributed by atoms with van der Waals surface area (Å²) in [6.45, 7) is -0.453. The van der Waals surface area contributed by atoms with E-state index in [0.29, 0.717) is 38.6 Å². The number of ether oxygens (including phenoxy) is 1. The van der Waals surface area contributed by atoms with Crippen molar-refractivity contribution in [3.05, 3.63) is 71.5 Å². The Morgan fingerprint density at radius 1 is 1.19 bits per heavy atom. The van der Waals surface area contributed by atoms with Gasteiger partial charge in [0.2, 0.25) is 0 Å². The monoisotopic (exact) mass is 558 g/mol. The van der Waals surface area contributed by atoms with Gasteiger partial charge in [0.1, 0.15) is 11.3 Å². The fourth-order valence-corrected chi connectivity index (χ4v) is 5.93. The van der Waals surface area contributed by atoms with E-state index in [1.807, 2.05) is 12.1 Å². The van der Waals surface area contributed by atoms with Crippen LogP contribution in [0.5, 0.6) is 5.75 Å². The number of fused-ring (bicyclic) bond motifs is 3. The van der Waals surface area contributed by atoms with Crippen molar-refractivity contribution in [1.82, 2.24) is 9.97 Å². The summed E-state index contributed by atoms with van der Waals surface area (Å²) in [5, 5.41) is 2.06. The van der Waals surface area contributed by atoms with Crippen LogP contribution in [0.2, 0.25) is 5.02 Å². The van der Waals surface area contributed by atoms with Crippen LogP contribution >= 0.6 is 27.0 Å². The van der Waals surface area contributed by atoms with Crippen LogP contribution in [0, 0.1) is 0 Å². The Labute approximate surface area is 233 Å². The average molecular weight is 559 g/mol. The van der Waals surface area contributed by atoms with Crippen LogP contribution in [0.3, 0.4) is 0 Å². The first-order valence-corrected chi connectivity index (χ1v) is 13.8. The van der Waals surface area contributed by atoms with Crippen molar-refractivity contribution in [2.24, 2.45) is 0 Å². The smallest absolute Gasteiger partial charge is 0.756 e. The molecule has 0 spiro atoms. The molecule has 182 valence electrons. The quantitative estimate of drug-likeness (QED) is 0.159. The predicted molar refractivity (Wildman–Crippen MR) is 127 cm³/mol. The fraction of sp³-hybridized carbons (Fsp3) is 0.182. The van der Waals surface area contributed by atoms with E-state index < -0.39 is 28.3 Å². The fourth-order valence-electron chi connectivity index (χ4n) is 3.81. The zero-order valence-corrected chi connectivity index (χ0v) is 23.5. The Morgan fingerprint density at radius 2 is 2.03 bits per heavy atom. The molecule has 5 rings (SSSR count). The average Bonchev–Trinajstić information content (AvgIpc) is 2.83. The van der Waals surface area contributed by atoms with Gasteiger partial charge in [-0.05, 0) is 35.9 Å². The van der Waals surface area contributed by atoms with Gasteiger partial charge >= 0.3 is 37.2 Å². The van der Waals surface area contributed by atoms with Gasteiger partial charge in [0.05, 0.1) is 23.5 Å². The summed E-state index contributed by atoms with van der Waals surface area (Å²) in [7, 11) is -8.57. The van der Waals surface area contributed by atoms with Crippen molar-refractivity contribution in [3.63, 3.8) is 0 Å². The number of benzene rings is 2. The number of aromatic nitrogens is 2. The summed E-state index contributed by atoms with van der Waals surface area (Å²) < 4.78 is 45.5. The van der Waals surface area contributed by atoms with E-state index in [9.17, 15) is 14.0 Å². The van der Waals surface area contributed by atoms with Gasteiger partial charge in [-0.25, -0.2) is 0 Å². The number of rotatable bonds is 6. The first-order valence-electron chi connectivity index (χ1n) is 10.4.